The Hall–Kier alpha value is -3.27. The van der Waals surface area contributed by atoms with Crippen LogP contribution in [0, 0.1) is 12.7 Å². The molecule has 2 aromatic carbocycles. The highest BCUT2D eigenvalue weighted by atomic mass is 19.1. The number of ketones is 1. The van der Waals surface area contributed by atoms with Crippen LogP contribution in [-0.4, -0.2) is 10.4 Å². The van der Waals surface area contributed by atoms with Crippen LogP contribution >= 0.6 is 0 Å². The van der Waals surface area contributed by atoms with Gasteiger partial charge < -0.3 is 4.57 Å². The van der Waals surface area contributed by atoms with Gasteiger partial charge in [-0.1, -0.05) is 36.4 Å². The van der Waals surface area contributed by atoms with Crippen molar-refractivity contribution < 1.29 is 13.8 Å². The molecule has 0 saturated heterocycles. The second kappa shape index (κ2) is 6.96. The molecule has 3 nitrogen and oxygen atoms in total. The summed E-state index contributed by atoms with van der Waals surface area (Å²) in [7, 11) is 0. The highest BCUT2D eigenvalue weighted by Gasteiger charge is 2.34. The Morgan fingerprint density at radius 1 is 1.14 bits per heavy atom. The lowest BCUT2D eigenvalue weighted by Crippen LogP contribution is -2.45. The van der Waals surface area contributed by atoms with E-state index in [9.17, 15) is 9.18 Å². The molecule has 4 aromatic rings. The first-order valence-electron chi connectivity index (χ1n) is 9.97. The first-order valence-corrected chi connectivity index (χ1v) is 9.97. The third-order valence-electron chi connectivity index (χ3n) is 5.93. The number of carbonyl (C=O) groups is 1. The number of rotatable bonds is 3. The third kappa shape index (κ3) is 3.15. The SMILES string of the molecule is Cc1cn(Cc2ccccc2)c2cc[n+](C3CCc4ccc(F)cc4C3=O)cc12. The topological polar surface area (TPSA) is 25.9 Å². The quantitative estimate of drug-likeness (QED) is 0.466. The summed E-state index contributed by atoms with van der Waals surface area (Å²) >= 11 is 0. The van der Waals surface area contributed by atoms with Crippen LogP contribution in [0.25, 0.3) is 10.9 Å². The van der Waals surface area contributed by atoms with Crippen molar-refractivity contribution in [1.29, 1.82) is 0 Å². The Morgan fingerprint density at radius 3 is 2.79 bits per heavy atom. The van der Waals surface area contributed by atoms with Gasteiger partial charge >= 0.3 is 0 Å². The molecule has 0 N–H and O–H groups in total. The van der Waals surface area contributed by atoms with Gasteiger partial charge in [0.25, 0.3) is 0 Å². The maximum Gasteiger partial charge on any atom is 0.230 e. The molecule has 1 unspecified atom stereocenters. The molecule has 0 fully saturated rings. The van der Waals surface area contributed by atoms with Crippen LogP contribution in [0.5, 0.6) is 0 Å². The summed E-state index contributed by atoms with van der Waals surface area (Å²) in [5, 5.41) is 1.14. The molecule has 2 aromatic heterocycles. The normalized spacial score (nSPS) is 16.2. The Bertz CT molecular complexity index is 1230. The maximum absolute atomic E-state index is 13.7. The van der Waals surface area contributed by atoms with E-state index in [1.807, 2.05) is 16.8 Å². The summed E-state index contributed by atoms with van der Waals surface area (Å²) in [6.07, 6.45) is 7.73. The Balaban J connectivity index is 1.51. The molecule has 0 spiro atoms. The molecule has 1 atom stereocenters. The highest BCUT2D eigenvalue weighted by Crippen LogP contribution is 2.28. The summed E-state index contributed by atoms with van der Waals surface area (Å²) in [5.41, 5.74) is 5.05. The first kappa shape index (κ1) is 17.8. The van der Waals surface area contributed by atoms with Crippen molar-refractivity contribution in [2.24, 2.45) is 0 Å². The molecule has 0 bridgehead atoms. The van der Waals surface area contributed by atoms with E-state index in [2.05, 4.69) is 54.2 Å². The minimum atomic E-state index is -0.355. The number of benzene rings is 2. The van der Waals surface area contributed by atoms with Crippen molar-refractivity contribution >= 4 is 16.7 Å². The van der Waals surface area contributed by atoms with E-state index in [-0.39, 0.29) is 17.6 Å². The van der Waals surface area contributed by atoms with Gasteiger partial charge in [-0.3, -0.25) is 4.79 Å². The number of halogens is 1. The zero-order chi connectivity index (χ0) is 20.0. The van der Waals surface area contributed by atoms with Crippen LogP contribution in [0.1, 0.15) is 39.5 Å². The zero-order valence-electron chi connectivity index (χ0n) is 16.3. The van der Waals surface area contributed by atoms with Crippen LogP contribution in [0.2, 0.25) is 0 Å². The average molecular weight is 385 g/mol. The van der Waals surface area contributed by atoms with Crippen LogP contribution < -0.4 is 4.57 Å². The van der Waals surface area contributed by atoms with Crippen molar-refractivity contribution in [3.63, 3.8) is 0 Å². The van der Waals surface area contributed by atoms with Crippen molar-refractivity contribution in [2.45, 2.75) is 32.4 Å². The largest absolute Gasteiger partial charge is 0.342 e. The number of Topliss-reactive ketones (excluding diaryl/α,β-unsaturated/α-hetero) is 1. The fourth-order valence-electron chi connectivity index (χ4n) is 4.42. The van der Waals surface area contributed by atoms with E-state index in [4.69, 9.17) is 0 Å². The smallest absolute Gasteiger partial charge is 0.230 e. The number of hydrogen-bond donors (Lipinski definition) is 0. The lowest BCUT2D eigenvalue weighted by atomic mass is 9.87. The van der Waals surface area contributed by atoms with Gasteiger partial charge in [0, 0.05) is 30.8 Å². The molecule has 0 amide bonds. The van der Waals surface area contributed by atoms with Gasteiger partial charge in [-0.05, 0) is 42.2 Å². The molecule has 0 aliphatic heterocycles. The molecule has 144 valence electrons. The number of aromatic nitrogens is 2. The van der Waals surface area contributed by atoms with Gasteiger partial charge in [0.2, 0.25) is 11.8 Å². The number of pyridine rings is 1. The minimum Gasteiger partial charge on any atom is -0.342 e. The van der Waals surface area contributed by atoms with E-state index in [0.29, 0.717) is 5.56 Å². The van der Waals surface area contributed by atoms with E-state index in [0.717, 1.165) is 35.9 Å². The van der Waals surface area contributed by atoms with E-state index < -0.39 is 0 Å². The predicted molar refractivity (Wildman–Crippen MR) is 111 cm³/mol. The molecular formula is C25H22FN2O+. The number of carbonyl (C=O) groups excluding carboxylic acids is 1. The zero-order valence-corrected chi connectivity index (χ0v) is 16.3. The van der Waals surface area contributed by atoms with Crippen LogP contribution in [0.4, 0.5) is 4.39 Å². The molecule has 0 radical (unpaired) electrons. The predicted octanol–water partition coefficient (Wildman–Crippen LogP) is 4.79. The van der Waals surface area contributed by atoms with E-state index >= 15 is 0 Å². The number of hydrogen-bond acceptors (Lipinski definition) is 1. The first-order chi connectivity index (χ1) is 14.1. The second-order valence-corrected chi connectivity index (χ2v) is 7.84. The highest BCUT2D eigenvalue weighted by molar-refractivity contribution is 6.00. The van der Waals surface area contributed by atoms with Crippen molar-refractivity contribution in [1.82, 2.24) is 4.57 Å². The molecular weight excluding hydrogens is 363 g/mol. The number of nitrogens with zero attached hydrogens (tertiary/aromatic N) is 2. The lowest BCUT2D eigenvalue weighted by molar-refractivity contribution is -0.707. The molecule has 1 aliphatic carbocycles. The summed E-state index contributed by atoms with van der Waals surface area (Å²) in [5.74, 6) is -0.358. The molecule has 5 rings (SSSR count). The maximum atomic E-state index is 13.7. The van der Waals surface area contributed by atoms with Crippen molar-refractivity contribution in [3.8, 4) is 0 Å². The summed E-state index contributed by atoms with van der Waals surface area (Å²) in [4.78, 5) is 13.0. The Kier molecular flexibility index (Phi) is 4.27. The minimum absolute atomic E-state index is 0.00327. The van der Waals surface area contributed by atoms with Gasteiger partial charge in [-0.25, -0.2) is 4.39 Å². The third-order valence-corrected chi connectivity index (χ3v) is 5.93. The molecule has 29 heavy (non-hydrogen) atoms. The monoisotopic (exact) mass is 385 g/mol. The van der Waals surface area contributed by atoms with Gasteiger partial charge in [0.15, 0.2) is 12.4 Å². The van der Waals surface area contributed by atoms with Crippen LogP contribution in [0.3, 0.4) is 0 Å². The Morgan fingerprint density at radius 2 is 1.97 bits per heavy atom. The van der Waals surface area contributed by atoms with Gasteiger partial charge in [0.1, 0.15) is 5.82 Å². The molecule has 1 aliphatic rings. The standard InChI is InChI=1S/C25H22FN2O/c1-17-14-28(15-18-5-3-2-4-6-18)23-11-12-27(16-22(17)23)24-10-8-19-7-9-20(26)13-21(19)25(24)29/h2-7,9,11-14,16,24H,8,10,15H2,1H3/q+1. The fourth-order valence-corrected chi connectivity index (χ4v) is 4.42. The van der Waals surface area contributed by atoms with Gasteiger partial charge in [-0.15, -0.1) is 0 Å². The van der Waals surface area contributed by atoms with Crippen LogP contribution in [-0.2, 0) is 13.0 Å². The summed E-state index contributed by atoms with van der Waals surface area (Å²) < 4.78 is 17.9. The molecule has 2 heterocycles. The summed E-state index contributed by atoms with van der Waals surface area (Å²) in [6, 6.07) is 16.7. The average Bonchev–Trinajstić information content (AvgIpc) is 3.04. The second-order valence-electron chi connectivity index (χ2n) is 7.84. The Labute approximate surface area is 169 Å². The van der Waals surface area contributed by atoms with E-state index in [1.54, 1.807) is 6.07 Å². The van der Waals surface area contributed by atoms with Gasteiger partial charge in [0.05, 0.1) is 10.9 Å². The fraction of sp³-hybridized carbons (Fsp3) is 0.200. The van der Waals surface area contributed by atoms with Crippen molar-refractivity contribution in [3.05, 3.63) is 101 Å². The lowest BCUT2D eigenvalue weighted by Gasteiger charge is -2.19. The summed E-state index contributed by atoms with van der Waals surface area (Å²) in [6.45, 7) is 2.91. The molecule has 0 saturated carbocycles. The molecule has 4 heteroatoms. The van der Waals surface area contributed by atoms with Gasteiger partial charge in [-0.2, -0.15) is 4.57 Å². The van der Waals surface area contributed by atoms with E-state index in [1.165, 1.54) is 23.3 Å². The van der Waals surface area contributed by atoms with Crippen LogP contribution in [0.15, 0.2) is 73.2 Å². The number of fused-ring (bicyclic) bond motifs is 2. The number of aryl methyl sites for hydroxylation is 2. The van der Waals surface area contributed by atoms with Crippen molar-refractivity contribution in [2.75, 3.05) is 0 Å².